The number of nitro groups is 1. The van der Waals surface area contributed by atoms with E-state index in [2.05, 4.69) is 4.90 Å². The molecule has 3 atom stereocenters. The number of hydrogen-bond donors (Lipinski definition) is 1. The Morgan fingerprint density at radius 1 is 1.40 bits per heavy atom. The lowest BCUT2D eigenvalue weighted by molar-refractivity contribution is -0.385. The molecular weight excluding hydrogens is 263 g/mol. The minimum absolute atomic E-state index is 0.0380. The number of aliphatic hydroxyl groups is 1. The van der Waals surface area contributed by atoms with Gasteiger partial charge in [0.15, 0.2) is 0 Å². The molecule has 1 heterocycles. The van der Waals surface area contributed by atoms with Crippen molar-refractivity contribution in [3.05, 3.63) is 39.7 Å². The fourth-order valence-electron chi connectivity index (χ4n) is 3.56. The average molecular weight is 280 g/mol. The Balaban J connectivity index is 1.76. The predicted molar refractivity (Wildman–Crippen MR) is 70.6 cm³/mol. The molecule has 5 nitrogen and oxygen atoms in total. The summed E-state index contributed by atoms with van der Waals surface area (Å²) < 4.78 is 13.3. The summed E-state index contributed by atoms with van der Waals surface area (Å²) in [7, 11) is 0. The van der Waals surface area contributed by atoms with E-state index in [4.69, 9.17) is 0 Å². The molecule has 2 fully saturated rings. The summed E-state index contributed by atoms with van der Waals surface area (Å²) in [5.41, 5.74) is 0.369. The molecule has 1 aliphatic heterocycles. The van der Waals surface area contributed by atoms with Crippen LogP contribution >= 0.6 is 0 Å². The Morgan fingerprint density at radius 3 is 2.90 bits per heavy atom. The Kier molecular flexibility index (Phi) is 3.43. The highest BCUT2D eigenvalue weighted by atomic mass is 19.1. The van der Waals surface area contributed by atoms with Crippen LogP contribution in [0.3, 0.4) is 0 Å². The molecule has 3 rings (SSSR count). The van der Waals surface area contributed by atoms with E-state index in [0.29, 0.717) is 18.0 Å². The Labute approximate surface area is 116 Å². The van der Waals surface area contributed by atoms with Gasteiger partial charge in [0.2, 0.25) is 0 Å². The topological polar surface area (TPSA) is 66.6 Å². The number of nitrogens with zero attached hydrogens (tertiary/aromatic N) is 2. The highest BCUT2D eigenvalue weighted by molar-refractivity contribution is 5.40. The molecule has 1 aromatic rings. The molecule has 1 saturated carbocycles. The first-order valence-electron chi connectivity index (χ1n) is 6.88. The van der Waals surface area contributed by atoms with E-state index in [-0.39, 0.29) is 17.7 Å². The second-order valence-corrected chi connectivity index (χ2v) is 5.79. The van der Waals surface area contributed by atoms with E-state index < -0.39 is 10.7 Å². The van der Waals surface area contributed by atoms with Gasteiger partial charge in [-0.15, -0.1) is 0 Å². The second-order valence-electron chi connectivity index (χ2n) is 5.79. The largest absolute Gasteiger partial charge is 0.393 e. The molecule has 0 bridgehead atoms. The van der Waals surface area contributed by atoms with Crippen LogP contribution in [-0.2, 0) is 6.54 Å². The number of likely N-dealkylation sites (tertiary alicyclic amines) is 1. The van der Waals surface area contributed by atoms with Crippen LogP contribution in [0.15, 0.2) is 18.2 Å². The molecule has 1 saturated heterocycles. The number of hydrogen-bond acceptors (Lipinski definition) is 4. The molecule has 0 spiro atoms. The van der Waals surface area contributed by atoms with Gasteiger partial charge in [-0.2, -0.15) is 0 Å². The average Bonchev–Trinajstić information content (AvgIpc) is 2.92. The Morgan fingerprint density at radius 2 is 2.20 bits per heavy atom. The SMILES string of the molecule is O=[N+]([O-])c1ccc(F)cc1CN1CC2CCC(O)C2C1. The number of halogens is 1. The van der Waals surface area contributed by atoms with Crippen molar-refractivity contribution in [1.82, 2.24) is 4.90 Å². The zero-order valence-corrected chi connectivity index (χ0v) is 11.0. The van der Waals surface area contributed by atoms with Crippen molar-refractivity contribution in [2.24, 2.45) is 11.8 Å². The third-order valence-corrected chi connectivity index (χ3v) is 4.53. The zero-order chi connectivity index (χ0) is 14.3. The molecule has 6 heteroatoms. The molecule has 1 aliphatic carbocycles. The van der Waals surface area contributed by atoms with Crippen molar-refractivity contribution in [2.75, 3.05) is 13.1 Å². The molecule has 0 aromatic heterocycles. The number of benzene rings is 1. The van der Waals surface area contributed by atoms with Crippen molar-refractivity contribution in [3.8, 4) is 0 Å². The maximum absolute atomic E-state index is 13.3. The van der Waals surface area contributed by atoms with Crippen molar-refractivity contribution in [2.45, 2.75) is 25.5 Å². The van der Waals surface area contributed by atoms with E-state index in [1.165, 1.54) is 12.1 Å². The van der Waals surface area contributed by atoms with Crippen LogP contribution in [0, 0.1) is 27.8 Å². The molecule has 0 amide bonds. The maximum atomic E-state index is 13.3. The first-order chi connectivity index (χ1) is 9.54. The smallest absolute Gasteiger partial charge is 0.274 e. The minimum atomic E-state index is -0.472. The third-order valence-electron chi connectivity index (χ3n) is 4.53. The molecule has 2 aliphatic rings. The van der Waals surface area contributed by atoms with Gasteiger partial charge in [-0.1, -0.05) is 0 Å². The van der Waals surface area contributed by atoms with Gasteiger partial charge in [-0.3, -0.25) is 15.0 Å². The maximum Gasteiger partial charge on any atom is 0.274 e. The monoisotopic (exact) mass is 280 g/mol. The van der Waals surface area contributed by atoms with Crippen molar-refractivity contribution in [3.63, 3.8) is 0 Å². The van der Waals surface area contributed by atoms with Gasteiger partial charge in [0.05, 0.1) is 11.0 Å². The summed E-state index contributed by atoms with van der Waals surface area (Å²) in [5.74, 6) is 0.283. The number of nitro benzene ring substituents is 1. The molecule has 20 heavy (non-hydrogen) atoms. The lowest BCUT2D eigenvalue weighted by atomic mass is 10.00. The molecule has 3 unspecified atom stereocenters. The Bertz CT molecular complexity index is 537. The van der Waals surface area contributed by atoms with Gasteiger partial charge in [0.25, 0.3) is 5.69 Å². The Hall–Kier alpha value is -1.53. The molecular formula is C14H17FN2O3. The van der Waals surface area contributed by atoms with Crippen LogP contribution in [0.4, 0.5) is 10.1 Å². The summed E-state index contributed by atoms with van der Waals surface area (Å²) in [6.45, 7) is 1.93. The van der Waals surface area contributed by atoms with Gasteiger partial charge in [0.1, 0.15) is 5.82 Å². The van der Waals surface area contributed by atoms with Gasteiger partial charge < -0.3 is 5.11 Å². The fourth-order valence-corrected chi connectivity index (χ4v) is 3.56. The van der Waals surface area contributed by atoms with Crippen LogP contribution in [0.2, 0.25) is 0 Å². The summed E-state index contributed by atoms with van der Waals surface area (Å²) >= 11 is 0. The van der Waals surface area contributed by atoms with Crippen molar-refractivity contribution >= 4 is 5.69 Å². The van der Waals surface area contributed by atoms with Crippen LogP contribution in [0.25, 0.3) is 0 Å². The molecule has 108 valence electrons. The fraction of sp³-hybridized carbons (Fsp3) is 0.571. The van der Waals surface area contributed by atoms with Crippen molar-refractivity contribution in [1.29, 1.82) is 0 Å². The van der Waals surface area contributed by atoms with Crippen molar-refractivity contribution < 1.29 is 14.4 Å². The molecule has 0 radical (unpaired) electrons. The van der Waals surface area contributed by atoms with E-state index in [1.54, 1.807) is 0 Å². The third kappa shape index (κ3) is 2.41. The summed E-state index contributed by atoms with van der Waals surface area (Å²) in [4.78, 5) is 12.6. The van der Waals surface area contributed by atoms with Crippen LogP contribution in [-0.4, -0.2) is 34.1 Å². The highest BCUT2D eigenvalue weighted by Crippen LogP contribution is 2.39. The van der Waals surface area contributed by atoms with Gasteiger partial charge >= 0.3 is 0 Å². The van der Waals surface area contributed by atoms with Gasteiger partial charge in [-0.25, -0.2) is 4.39 Å². The van der Waals surface area contributed by atoms with Gasteiger partial charge in [0, 0.05) is 37.2 Å². The van der Waals surface area contributed by atoms with E-state index in [1.807, 2.05) is 0 Å². The number of fused-ring (bicyclic) bond motifs is 1. The second kappa shape index (κ2) is 5.10. The summed E-state index contributed by atoms with van der Waals surface area (Å²) in [6, 6.07) is 3.57. The predicted octanol–water partition coefficient (Wildman–Crippen LogP) is 1.94. The van der Waals surface area contributed by atoms with Crippen LogP contribution < -0.4 is 0 Å². The highest BCUT2D eigenvalue weighted by Gasteiger charge is 2.41. The number of aliphatic hydroxyl groups excluding tert-OH is 1. The first kappa shape index (κ1) is 13.5. The lowest BCUT2D eigenvalue weighted by Crippen LogP contribution is -2.24. The van der Waals surface area contributed by atoms with E-state index in [9.17, 15) is 19.6 Å². The molecule has 1 N–H and O–H groups in total. The normalized spacial score (nSPS) is 29.6. The first-order valence-corrected chi connectivity index (χ1v) is 6.88. The van der Waals surface area contributed by atoms with Crippen LogP contribution in [0.1, 0.15) is 18.4 Å². The molecule has 1 aromatic carbocycles. The lowest BCUT2D eigenvalue weighted by Gasteiger charge is -2.18. The van der Waals surface area contributed by atoms with E-state index >= 15 is 0 Å². The quantitative estimate of drug-likeness (QED) is 0.678. The summed E-state index contributed by atoms with van der Waals surface area (Å²) in [6.07, 6.45) is 1.60. The number of rotatable bonds is 3. The van der Waals surface area contributed by atoms with E-state index in [0.717, 1.165) is 32.0 Å². The minimum Gasteiger partial charge on any atom is -0.393 e. The summed E-state index contributed by atoms with van der Waals surface area (Å²) in [5, 5.41) is 20.9. The van der Waals surface area contributed by atoms with Crippen LogP contribution in [0.5, 0.6) is 0 Å². The zero-order valence-electron chi connectivity index (χ0n) is 11.0. The van der Waals surface area contributed by atoms with Gasteiger partial charge in [-0.05, 0) is 30.9 Å². The standard InChI is InChI=1S/C14H17FN2O3/c15-11-2-3-13(17(19)20)10(5-11)7-16-6-9-1-4-14(18)12(9)8-16/h2-3,5,9,12,14,18H,1,4,6-8H2.